The van der Waals surface area contributed by atoms with Crippen molar-refractivity contribution in [2.75, 3.05) is 37.6 Å². The minimum Gasteiger partial charge on any atom is -0.367 e. The Hall–Kier alpha value is -1.66. The third-order valence-corrected chi connectivity index (χ3v) is 5.46. The smallest absolute Gasteiger partial charge is 0.317 e. The standard InChI is InChI=1S/C18H24Cl2N4O2/c1-12(2)24-11-14(10-17(24)25)21-18(26)23-7-5-22(6-8-23)16-4-3-13(19)9-15(16)20/h3-4,9,12,14H,5-8,10-11H2,1-2H3,(H,21,26). The fraction of sp³-hybridized carbons (Fsp3) is 0.556. The number of nitrogens with zero attached hydrogens (tertiary/aromatic N) is 3. The molecule has 2 heterocycles. The van der Waals surface area contributed by atoms with Crippen LogP contribution in [0.4, 0.5) is 10.5 Å². The molecule has 0 aliphatic carbocycles. The average Bonchev–Trinajstić information content (AvgIpc) is 2.95. The van der Waals surface area contributed by atoms with Gasteiger partial charge in [-0.25, -0.2) is 4.79 Å². The Labute approximate surface area is 164 Å². The summed E-state index contributed by atoms with van der Waals surface area (Å²) in [6, 6.07) is 5.41. The normalized spacial score (nSPS) is 20.9. The molecule has 3 rings (SSSR count). The maximum Gasteiger partial charge on any atom is 0.317 e. The summed E-state index contributed by atoms with van der Waals surface area (Å²) < 4.78 is 0. The Balaban J connectivity index is 1.52. The van der Waals surface area contributed by atoms with Crippen molar-refractivity contribution < 1.29 is 9.59 Å². The first kappa shape index (κ1) is 19.1. The number of likely N-dealkylation sites (tertiary alicyclic amines) is 1. The van der Waals surface area contributed by atoms with Crippen molar-refractivity contribution in [1.82, 2.24) is 15.1 Å². The number of piperazine rings is 1. The molecule has 1 atom stereocenters. The number of carbonyl (C=O) groups excluding carboxylic acids is 2. The van der Waals surface area contributed by atoms with E-state index in [1.165, 1.54) is 0 Å². The Kier molecular flexibility index (Phi) is 5.82. The van der Waals surface area contributed by atoms with Crippen LogP contribution in [-0.4, -0.2) is 66.5 Å². The third-order valence-electron chi connectivity index (χ3n) is 4.93. The van der Waals surface area contributed by atoms with Gasteiger partial charge in [0.25, 0.3) is 0 Å². The van der Waals surface area contributed by atoms with Crippen LogP contribution in [0.15, 0.2) is 18.2 Å². The lowest BCUT2D eigenvalue weighted by molar-refractivity contribution is -0.129. The van der Waals surface area contributed by atoms with Crippen LogP contribution in [-0.2, 0) is 4.79 Å². The zero-order valence-electron chi connectivity index (χ0n) is 15.0. The minimum absolute atomic E-state index is 0.102. The number of amides is 3. The first-order valence-corrected chi connectivity index (χ1v) is 9.65. The van der Waals surface area contributed by atoms with Crippen molar-refractivity contribution in [1.29, 1.82) is 0 Å². The maximum absolute atomic E-state index is 12.5. The number of nitrogens with one attached hydrogen (secondary N) is 1. The van der Waals surface area contributed by atoms with Crippen LogP contribution < -0.4 is 10.2 Å². The largest absolute Gasteiger partial charge is 0.367 e. The van der Waals surface area contributed by atoms with Gasteiger partial charge >= 0.3 is 6.03 Å². The van der Waals surface area contributed by atoms with Crippen LogP contribution in [0.3, 0.4) is 0 Å². The molecule has 8 heteroatoms. The van der Waals surface area contributed by atoms with Crippen LogP contribution in [0.1, 0.15) is 20.3 Å². The zero-order chi connectivity index (χ0) is 18.8. The molecule has 3 amide bonds. The van der Waals surface area contributed by atoms with E-state index in [1.807, 2.05) is 30.9 Å². The van der Waals surface area contributed by atoms with E-state index in [-0.39, 0.29) is 24.0 Å². The van der Waals surface area contributed by atoms with Crippen molar-refractivity contribution >= 4 is 40.8 Å². The van der Waals surface area contributed by atoms with Gasteiger partial charge in [-0.1, -0.05) is 23.2 Å². The summed E-state index contributed by atoms with van der Waals surface area (Å²) in [7, 11) is 0. The molecule has 26 heavy (non-hydrogen) atoms. The second-order valence-electron chi connectivity index (χ2n) is 7.06. The molecular weight excluding hydrogens is 375 g/mol. The van der Waals surface area contributed by atoms with Gasteiger partial charge < -0.3 is 20.0 Å². The lowest BCUT2D eigenvalue weighted by atomic mass is 10.2. The number of urea groups is 1. The number of anilines is 1. The minimum atomic E-state index is -0.110. The molecule has 0 radical (unpaired) electrons. The molecule has 142 valence electrons. The molecule has 2 fully saturated rings. The summed E-state index contributed by atoms with van der Waals surface area (Å²) in [4.78, 5) is 30.2. The molecule has 2 aliphatic rings. The van der Waals surface area contributed by atoms with Gasteiger partial charge in [0, 0.05) is 50.2 Å². The molecule has 1 unspecified atom stereocenters. The summed E-state index contributed by atoms with van der Waals surface area (Å²) in [5, 5.41) is 4.23. The summed E-state index contributed by atoms with van der Waals surface area (Å²) in [6.45, 7) is 7.20. The van der Waals surface area contributed by atoms with Crippen molar-refractivity contribution in [3.63, 3.8) is 0 Å². The molecule has 2 saturated heterocycles. The zero-order valence-corrected chi connectivity index (χ0v) is 16.6. The molecule has 1 aromatic rings. The number of halogens is 2. The Morgan fingerprint density at radius 2 is 1.88 bits per heavy atom. The van der Waals surface area contributed by atoms with Crippen molar-refractivity contribution in [3.8, 4) is 0 Å². The lowest BCUT2D eigenvalue weighted by Crippen LogP contribution is -2.54. The van der Waals surface area contributed by atoms with Crippen LogP contribution in [0.25, 0.3) is 0 Å². The van der Waals surface area contributed by atoms with E-state index in [4.69, 9.17) is 23.2 Å². The van der Waals surface area contributed by atoms with Crippen LogP contribution in [0.5, 0.6) is 0 Å². The highest BCUT2D eigenvalue weighted by atomic mass is 35.5. The summed E-state index contributed by atoms with van der Waals surface area (Å²) in [6.07, 6.45) is 0.379. The number of rotatable bonds is 3. The third kappa shape index (κ3) is 4.18. The van der Waals surface area contributed by atoms with Gasteiger partial charge in [-0.3, -0.25) is 4.79 Å². The molecule has 0 saturated carbocycles. The van der Waals surface area contributed by atoms with Gasteiger partial charge in [-0.2, -0.15) is 0 Å². The monoisotopic (exact) mass is 398 g/mol. The number of carbonyl (C=O) groups is 2. The van der Waals surface area contributed by atoms with Gasteiger partial charge in [-0.05, 0) is 32.0 Å². The van der Waals surface area contributed by atoms with Gasteiger partial charge in [-0.15, -0.1) is 0 Å². The van der Waals surface area contributed by atoms with Crippen molar-refractivity contribution in [2.45, 2.75) is 32.4 Å². The van der Waals surface area contributed by atoms with E-state index in [1.54, 1.807) is 11.0 Å². The first-order chi connectivity index (χ1) is 12.3. The Bertz CT molecular complexity index is 690. The van der Waals surface area contributed by atoms with Gasteiger partial charge in [0.05, 0.1) is 16.8 Å². The molecule has 0 bridgehead atoms. The Morgan fingerprint density at radius 1 is 1.19 bits per heavy atom. The molecule has 2 aliphatic heterocycles. The fourth-order valence-electron chi connectivity index (χ4n) is 3.48. The van der Waals surface area contributed by atoms with Gasteiger partial charge in [0.1, 0.15) is 0 Å². The molecule has 1 aromatic carbocycles. The quantitative estimate of drug-likeness (QED) is 0.851. The van der Waals surface area contributed by atoms with Gasteiger partial charge in [0.15, 0.2) is 0 Å². The Morgan fingerprint density at radius 3 is 2.46 bits per heavy atom. The summed E-state index contributed by atoms with van der Waals surface area (Å²) in [5.74, 6) is 0.104. The van der Waals surface area contributed by atoms with Gasteiger partial charge in [0.2, 0.25) is 5.91 Å². The SMILES string of the molecule is CC(C)N1CC(NC(=O)N2CCN(c3ccc(Cl)cc3Cl)CC2)CC1=O. The van der Waals surface area contributed by atoms with E-state index in [2.05, 4.69) is 10.2 Å². The highest BCUT2D eigenvalue weighted by Gasteiger charge is 2.33. The number of hydrogen-bond acceptors (Lipinski definition) is 3. The summed E-state index contributed by atoms with van der Waals surface area (Å²) in [5.41, 5.74) is 0.935. The van der Waals surface area contributed by atoms with Crippen molar-refractivity contribution in [3.05, 3.63) is 28.2 Å². The number of benzene rings is 1. The summed E-state index contributed by atoms with van der Waals surface area (Å²) >= 11 is 12.2. The van der Waals surface area contributed by atoms with Crippen LogP contribution in [0, 0.1) is 0 Å². The van der Waals surface area contributed by atoms with Crippen LogP contribution >= 0.6 is 23.2 Å². The first-order valence-electron chi connectivity index (χ1n) is 8.90. The van der Waals surface area contributed by atoms with E-state index in [0.29, 0.717) is 49.2 Å². The molecule has 6 nitrogen and oxygen atoms in total. The molecule has 0 aromatic heterocycles. The van der Waals surface area contributed by atoms with E-state index < -0.39 is 0 Å². The predicted molar refractivity (Wildman–Crippen MR) is 104 cm³/mol. The maximum atomic E-state index is 12.5. The lowest BCUT2D eigenvalue weighted by Gasteiger charge is -2.36. The fourth-order valence-corrected chi connectivity index (χ4v) is 4.01. The molecular formula is C18H24Cl2N4O2. The van der Waals surface area contributed by atoms with Crippen molar-refractivity contribution in [2.24, 2.45) is 0 Å². The van der Waals surface area contributed by atoms with Crippen LogP contribution in [0.2, 0.25) is 10.0 Å². The number of hydrogen-bond donors (Lipinski definition) is 1. The average molecular weight is 399 g/mol. The second-order valence-corrected chi connectivity index (χ2v) is 7.90. The molecule has 1 N–H and O–H groups in total. The highest BCUT2D eigenvalue weighted by Crippen LogP contribution is 2.29. The highest BCUT2D eigenvalue weighted by molar-refractivity contribution is 6.36. The predicted octanol–water partition coefficient (Wildman–Crippen LogP) is 2.83. The van der Waals surface area contributed by atoms with E-state index >= 15 is 0 Å². The molecule has 0 spiro atoms. The van der Waals surface area contributed by atoms with E-state index in [9.17, 15) is 9.59 Å². The second kappa shape index (κ2) is 7.92. The topological polar surface area (TPSA) is 55.9 Å². The van der Waals surface area contributed by atoms with E-state index in [0.717, 1.165) is 5.69 Å².